The topological polar surface area (TPSA) is 35.8 Å². The van der Waals surface area contributed by atoms with Crippen molar-refractivity contribution in [2.75, 3.05) is 0 Å². The zero-order chi connectivity index (χ0) is 10.6. The monoisotopic (exact) mass is 202 g/mol. The van der Waals surface area contributed by atoms with Gasteiger partial charge in [0, 0.05) is 12.5 Å². The van der Waals surface area contributed by atoms with Crippen molar-refractivity contribution >= 4 is 0 Å². The Morgan fingerprint density at radius 1 is 1.20 bits per heavy atom. The molecule has 2 aliphatic rings. The van der Waals surface area contributed by atoms with E-state index in [2.05, 4.69) is 17.5 Å². The number of rotatable bonds is 2. The summed E-state index contributed by atoms with van der Waals surface area (Å²) in [6.45, 7) is 0. The first kappa shape index (κ1) is 10.4. The number of nitrogens with one attached hydrogen (secondary N) is 1. The van der Waals surface area contributed by atoms with Crippen molar-refractivity contribution in [3.05, 3.63) is 24.3 Å². The summed E-state index contributed by atoms with van der Waals surface area (Å²) in [7, 11) is 0. The Balaban J connectivity index is 1.98. The first-order valence-electron chi connectivity index (χ1n) is 5.88. The van der Waals surface area contributed by atoms with E-state index >= 15 is 0 Å². The fourth-order valence-corrected chi connectivity index (χ4v) is 2.45. The van der Waals surface area contributed by atoms with Crippen LogP contribution in [0.2, 0.25) is 0 Å². The lowest BCUT2D eigenvalue weighted by Crippen LogP contribution is -2.48. The molecular weight excluding hydrogens is 184 g/mol. The molecule has 0 saturated heterocycles. The average molecular weight is 202 g/mol. The standard InChI is InChI=1S/C13H18N2/c14-11-13(9-5-2-6-10-13)15-12-7-3-1-4-8-12/h2,5-6,9,12,15H,1,3-4,7-8,10H2. The van der Waals surface area contributed by atoms with Crippen LogP contribution in [0, 0.1) is 11.3 Å². The third-order valence-electron chi connectivity index (χ3n) is 3.33. The van der Waals surface area contributed by atoms with E-state index in [1.54, 1.807) is 0 Å². The maximum absolute atomic E-state index is 9.27. The third kappa shape index (κ3) is 2.49. The maximum atomic E-state index is 9.27. The van der Waals surface area contributed by atoms with Gasteiger partial charge in [0.25, 0.3) is 0 Å². The van der Waals surface area contributed by atoms with Crippen LogP contribution in [0.5, 0.6) is 0 Å². The van der Waals surface area contributed by atoms with Crippen LogP contribution in [0.1, 0.15) is 38.5 Å². The average Bonchev–Trinajstić information content (AvgIpc) is 2.32. The highest BCUT2D eigenvalue weighted by Crippen LogP contribution is 2.23. The smallest absolute Gasteiger partial charge is 0.129 e. The van der Waals surface area contributed by atoms with Gasteiger partial charge in [-0.15, -0.1) is 0 Å². The van der Waals surface area contributed by atoms with Gasteiger partial charge in [0.1, 0.15) is 5.54 Å². The van der Waals surface area contributed by atoms with Crippen LogP contribution >= 0.6 is 0 Å². The van der Waals surface area contributed by atoms with Crippen LogP contribution in [0.25, 0.3) is 0 Å². The molecule has 1 atom stereocenters. The molecule has 2 aliphatic carbocycles. The molecule has 0 heterocycles. The highest BCUT2D eigenvalue weighted by atomic mass is 15.0. The lowest BCUT2D eigenvalue weighted by molar-refractivity contribution is 0.325. The highest BCUT2D eigenvalue weighted by Gasteiger charge is 2.29. The van der Waals surface area contributed by atoms with Gasteiger partial charge >= 0.3 is 0 Å². The van der Waals surface area contributed by atoms with Gasteiger partial charge in [-0.2, -0.15) is 5.26 Å². The molecule has 0 amide bonds. The van der Waals surface area contributed by atoms with E-state index in [1.807, 2.05) is 18.2 Å². The SMILES string of the molecule is N#CC1(NC2CCCCC2)C=CC=CC1. The highest BCUT2D eigenvalue weighted by molar-refractivity contribution is 5.29. The lowest BCUT2D eigenvalue weighted by Gasteiger charge is -2.32. The summed E-state index contributed by atoms with van der Waals surface area (Å²) in [5.41, 5.74) is -0.434. The van der Waals surface area contributed by atoms with Gasteiger partial charge in [0.2, 0.25) is 0 Å². The van der Waals surface area contributed by atoms with Crippen LogP contribution in [0.3, 0.4) is 0 Å². The largest absolute Gasteiger partial charge is 0.293 e. The predicted octanol–water partition coefficient (Wildman–Crippen LogP) is 2.69. The van der Waals surface area contributed by atoms with Gasteiger partial charge in [-0.1, -0.05) is 37.5 Å². The quantitative estimate of drug-likeness (QED) is 0.747. The molecule has 2 heteroatoms. The number of nitriles is 1. The lowest BCUT2D eigenvalue weighted by atomic mass is 9.88. The van der Waals surface area contributed by atoms with Gasteiger partial charge in [0.15, 0.2) is 0 Å². The minimum Gasteiger partial charge on any atom is -0.293 e. The van der Waals surface area contributed by atoms with Crippen LogP contribution in [0.4, 0.5) is 0 Å². The van der Waals surface area contributed by atoms with E-state index in [4.69, 9.17) is 0 Å². The minimum atomic E-state index is -0.434. The second kappa shape index (κ2) is 4.63. The van der Waals surface area contributed by atoms with Crippen LogP contribution in [-0.4, -0.2) is 11.6 Å². The predicted molar refractivity (Wildman–Crippen MR) is 61.2 cm³/mol. The van der Waals surface area contributed by atoms with Gasteiger partial charge < -0.3 is 0 Å². The Hall–Kier alpha value is -1.07. The van der Waals surface area contributed by atoms with E-state index in [0.29, 0.717) is 6.04 Å². The van der Waals surface area contributed by atoms with Crippen molar-refractivity contribution in [2.45, 2.75) is 50.1 Å². The van der Waals surface area contributed by atoms with Crippen molar-refractivity contribution < 1.29 is 0 Å². The zero-order valence-corrected chi connectivity index (χ0v) is 9.08. The second-order valence-electron chi connectivity index (χ2n) is 4.55. The van der Waals surface area contributed by atoms with Crippen LogP contribution in [-0.2, 0) is 0 Å². The van der Waals surface area contributed by atoms with Gasteiger partial charge in [-0.25, -0.2) is 0 Å². The summed E-state index contributed by atoms with van der Waals surface area (Å²) in [5.74, 6) is 0. The molecule has 1 fully saturated rings. The fraction of sp³-hybridized carbons (Fsp3) is 0.615. The van der Waals surface area contributed by atoms with E-state index in [-0.39, 0.29) is 0 Å². The van der Waals surface area contributed by atoms with Crippen molar-refractivity contribution in [3.63, 3.8) is 0 Å². The molecule has 0 bridgehead atoms. The van der Waals surface area contributed by atoms with E-state index in [1.165, 1.54) is 32.1 Å². The Labute approximate surface area is 91.7 Å². The maximum Gasteiger partial charge on any atom is 0.129 e. The molecule has 2 rings (SSSR count). The molecule has 2 nitrogen and oxygen atoms in total. The Morgan fingerprint density at radius 3 is 2.60 bits per heavy atom. The van der Waals surface area contributed by atoms with E-state index in [9.17, 15) is 5.26 Å². The summed E-state index contributed by atoms with van der Waals surface area (Å²) >= 11 is 0. The molecule has 1 unspecified atom stereocenters. The minimum absolute atomic E-state index is 0.434. The van der Waals surface area contributed by atoms with E-state index < -0.39 is 5.54 Å². The summed E-state index contributed by atoms with van der Waals surface area (Å²) in [5, 5.41) is 12.8. The Kier molecular flexibility index (Phi) is 3.23. The Bertz CT molecular complexity index is 305. The van der Waals surface area contributed by atoms with Crippen LogP contribution in [0.15, 0.2) is 24.3 Å². The first-order valence-corrected chi connectivity index (χ1v) is 5.88. The molecule has 0 spiro atoms. The van der Waals surface area contributed by atoms with Crippen molar-refractivity contribution in [1.29, 1.82) is 5.26 Å². The molecular formula is C13H18N2. The summed E-state index contributed by atoms with van der Waals surface area (Å²) in [6, 6.07) is 2.95. The number of nitrogens with zero attached hydrogens (tertiary/aromatic N) is 1. The van der Waals surface area contributed by atoms with Crippen molar-refractivity contribution in [1.82, 2.24) is 5.32 Å². The van der Waals surface area contributed by atoms with Crippen LogP contribution < -0.4 is 5.32 Å². The summed E-state index contributed by atoms with van der Waals surface area (Å²) < 4.78 is 0. The molecule has 1 N–H and O–H groups in total. The molecule has 15 heavy (non-hydrogen) atoms. The third-order valence-corrected chi connectivity index (χ3v) is 3.33. The number of hydrogen-bond donors (Lipinski definition) is 1. The summed E-state index contributed by atoms with van der Waals surface area (Å²) in [6.07, 6.45) is 15.3. The van der Waals surface area contributed by atoms with Crippen molar-refractivity contribution in [3.8, 4) is 6.07 Å². The number of hydrogen-bond acceptors (Lipinski definition) is 2. The molecule has 0 aliphatic heterocycles. The molecule has 80 valence electrons. The van der Waals surface area contributed by atoms with Crippen molar-refractivity contribution in [2.24, 2.45) is 0 Å². The molecule has 0 aromatic carbocycles. The number of allylic oxidation sites excluding steroid dienone is 2. The zero-order valence-electron chi connectivity index (χ0n) is 9.08. The second-order valence-corrected chi connectivity index (χ2v) is 4.55. The molecule has 0 aromatic rings. The van der Waals surface area contributed by atoms with E-state index in [0.717, 1.165) is 6.42 Å². The van der Waals surface area contributed by atoms with Gasteiger partial charge in [-0.05, 0) is 18.9 Å². The first-order chi connectivity index (χ1) is 7.35. The summed E-state index contributed by atoms with van der Waals surface area (Å²) in [4.78, 5) is 0. The molecule has 0 aromatic heterocycles. The normalized spacial score (nSPS) is 31.4. The van der Waals surface area contributed by atoms with Gasteiger partial charge in [0.05, 0.1) is 6.07 Å². The fourth-order valence-electron chi connectivity index (χ4n) is 2.45. The Morgan fingerprint density at radius 2 is 2.00 bits per heavy atom. The molecule has 1 saturated carbocycles. The van der Waals surface area contributed by atoms with Gasteiger partial charge in [-0.3, -0.25) is 5.32 Å². The molecule has 0 radical (unpaired) electrons.